The second-order valence-electron chi connectivity index (χ2n) is 2.98. The fraction of sp³-hybridized carbons (Fsp3) is 0.100. The highest BCUT2D eigenvalue weighted by molar-refractivity contribution is 5.57. The molecule has 0 aromatic carbocycles. The second kappa shape index (κ2) is 3.41. The normalized spacial score (nSPS) is 10.1. The molecule has 0 fully saturated rings. The molecule has 2 aromatic heterocycles. The Labute approximate surface area is 80.7 Å². The van der Waals surface area contributed by atoms with Crippen LogP contribution in [0, 0.1) is 6.92 Å². The minimum atomic E-state index is -0.149. The number of aryl methyl sites for hydroxylation is 1. The van der Waals surface area contributed by atoms with Crippen LogP contribution in [0.25, 0.3) is 11.3 Å². The Bertz CT molecular complexity index is 504. The topological polar surface area (TPSA) is 58.6 Å². The average molecular weight is 187 g/mol. The van der Waals surface area contributed by atoms with Crippen LogP contribution in [0.4, 0.5) is 0 Å². The van der Waals surface area contributed by atoms with E-state index in [9.17, 15) is 4.79 Å². The van der Waals surface area contributed by atoms with Crippen LogP contribution in [0.5, 0.6) is 0 Å². The molecule has 0 saturated heterocycles. The third kappa shape index (κ3) is 1.69. The highest BCUT2D eigenvalue weighted by Crippen LogP contribution is 2.13. The molecule has 1 N–H and O–H groups in total. The summed E-state index contributed by atoms with van der Waals surface area (Å²) in [6.45, 7) is 1.90. The van der Waals surface area contributed by atoms with Gasteiger partial charge in [-0.25, -0.2) is 4.98 Å². The molecule has 70 valence electrons. The van der Waals surface area contributed by atoms with Gasteiger partial charge in [0.05, 0.1) is 12.0 Å². The molecule has 14 heavy (non-hydrogen) atoms. The van der Waals surface area contributed by atoms with E-state index in [1.54, 1.807) is 6.20 Å². The van der Waals surface area contributed by atoms with Gasteiger partial charge >= 0.3 is 0 Å². The first-order chi connectivity index (χ1) is 6.75. The molecule has 4 nitrogen and oxygen atoms in total. The zero-order valence-electron chi connectivity index (χ0n) is 7.69. The van der Waals surface area contributed by atoms with Crippen LogP contribution in [-0.4, -0.2) is 15.0 Å². The molecule has 0 atom stereocenters. The molecule has 2 aromatic rings. The second-order valence-corrected chi connectivity index (χ2v) is 2.98. The van der Waals surface area contributed by atoms with Crippen LogP contribution >= 0.6 is 0 Å². The summed E-state index contributed by atoms with van der Waals surface area (Å²) in [7, 11) is 0. The van der Waals surface area contributed by atoms with Crippen molar-refractivity contribution in [3.8, 4) is 11.3 Å². The fourth-order valence-electron chi connectivity index (χ4n) is 1.23. The molecule has 0 aliphatic heterocycles. The number of H-pyrrole nitrogens is 1. The van der Waals surface area contributed by atoms with Crippen LogP contribution in [-0.2, 0) is 0 Å². The third-order valence-corrected chi connectivity index (χ3v) is 1.87. The van der Waals surface area contributed by atoms with E-state index in [-0.39, 0.29) is 5.56 Å². The maximum absolute atomic E-state index is 11.0. The lowest BCUT2D eigenvalue weighted by atomic mass is 10.2. The summed E-state index contributed by atoms with van der Waals surface area (Å²) in [6.07, 6.45) is 3.10. The van der Waals surface area contributed by atoms with Crippen molar-refractivity contribution in [2.45, 2.75) is 6.92 Å². The third-order valence-electron chi connectivity index (χ3n) is 1.87. The predicted molar refractivity (Wildman–Crippen MR) is 52.8 cm³/mol. The molecule has 0 bridgehead atoms. The molecule has 0 spiro atoms. The van der Waals surface area contributed by atoms with E-state index in [0.29, 0.717) is 5.69 Å². The molecule has 0 aliphatic rings. The van der Waals surface area contributed by atoms with E-state index < -0.39 is 0 Å². The van der Waals surface area contributed by atoms with Crippen LogP contribution in [0.1, 0.15) is 5.69 Å². The van der Waals surface area contributed by atoms with Gasteiger partial charge < -0.3 is 4.98 Å². The van der Waals surface area contributed by atoms with E-state index >= 15 is 0 Å². The summed E-state index contributed by atoms with van der Waals surface area (Å²) in [4.78, 5) is 21.7. The molecule has 2 rings (SSSR count). The zero-order chi connectivity index (χ0) is 9.97. The highest BCUT2D eigenvalue weighted by Gasteiger charge is 1.99. The number of rotatable bonds is 1. The maximum atomic E-state index is 11.0. The van der Waals surface area contributed by atoms with Gasteiger partial charge in [-0.1, -0.05) is 0 Å². The van der Waals surface area contributed by atoms with Gasteiger partial charge in [-0.05, 0) is 19.1 Å². The number of hydrogen-bond donors (Lipinski definition) is 1. The minimum Gasteiger partial charge on any atom is -0.313 e. The Kier molecular flexibility index (Phi) is 2.10. The fourth-order valence-corrected chi connectivity index (χ4v) is 1.23. The minimum absolute atomic E-state index is 0.149. The van der Waals surface area contributed by atoms with Crippen LogP contribution in [0.2, 0.25) is 0 Å². The standard InChI is InChI=1S/C10H9N3O/c1-7-4-8(2-3-11-7)9-5-10(14)13-6-12-9/h2-6H,1H3,(H,12,13,14). The first kappa shape index (κ1) is 8.62. The molecule has 0 unspecified atom stereocenters. The van der Waals surface area contributed by atoms with Crippen molar-refractivity contribution < 1.29 is 0 Å². The quantitative estimate of drug-likeness (QED) is 0.728. The van der Waals surface area contributed by atoms with Gasteiger partial charge in [0.1, 0.15) is 0 Å². The van der Waals surface area contributed by atoms with Gasteiger partial charge in [-0.2, -0.15) is 0 Å². The van der Waals surface area contributed by atoms with Gasteiger partial charge in [0.15, 0.2) is 0 Å². The molecule has 0 amide bonds. The SMILES string of the molecule is Cc1cc(-c2cc(=O)[nH]cn2)ccn1. The Balaban J connectivity index is 2.55. The Morgan fingerprint density at radius 3 is 2.86 bits per heavy atom. The number of pyridine rings is 1. The number of nitrogens with zero attached hydrogens (tertiary/aromatic N) is 2. The maximum Gasteiger partial charge on any atom is 0.251 e. The Morgan fingerprint density at radius 1 is 1.29 bits per heavy atom. The van der Waals surface area contributed by atoms with E-state index in [0.717, 1.165) is 11.3 Å². The van der Waals surface area contributed by atoms with Crippen molar-refractivity contribution in [2.24, 2.45) is 0 Å². The van der Waals surface area contributed by atoms with Gasteiger partial charge in [-0.15, -0.1) is 0 Å². The Morgan fingerprint density at radius 2 is 2.14 bits per heavy atom. The van der Waals surface area contributed by atoms with Crippen molar-refractivity contribution in [2.75, 3.05) is 0 Å². The number of aromatic amines is 1. The molecule has 2 heterocycles. The molecule has 4 heteroatoms. The largest absolute Gasteiger partial charge is 0.313 e. The summed E-state index contributed by atoms with van der Waals surface area (Å²) in [5, 5.41) is 0. The van der Waals surface area contributed by atoms with Gasteiger partial charge in [-0.3, -0.25) is 9.78 Å². The van der Waals surface area contributed by atoms with Crippen molar-refractivity contribution in [1.82, 2.24) is 15.0 Å². The summed E-state index contributed by atoms with van der Waals surface area (Å²) < 4.78 is 0. The van der Waals surface area contributed by atoms with Gasteiger partial charge in [0.25, 0.3) is 5.56 Å². The van der Waals surface area contributed by atoms with Gasteiger partial charge in [0, 0.05) is 23.5 Å². The average Bonchev–Trinajstić information content (AvgIpc) is 2.18. The van der Waals surface area contributed by atoms with Crippen LogP contribution in [0.3, 0.4) is 0 Å². The monoisotopic (exact) mass is 187 g/mol. The van der Waals surface area contributed by atoms with E-state index in [4.69, 9.17) is 0 Å². The number of hydrogen-bond acceptors (Lipinski definition) is 3. The van der Waals surface area contributed by atoms with Crippen LogP contribution in [0.15, 0.2) is 35.5 Å². The van der Waals surface area contributed by atoms with Crippen LogP contribution < -0.4 is 5.56 Å². The van der Waals surface area contributed by atoms with E-state index in [1.165, 1.54) is 12.4 Å². The van der Waals surface area contributed by atoms with E-state index in [1.807, 2.05) is 19.1 Å². The summed E-state index contributed by atoms with van der Waals surface area (Å²) in [5.41, 5.74) is 2.33. The molecule has 0 saturated carbocycles. The lowest BCUT2D eigenvalue weighted by Gasteiger charge is -1.99. The molecular formula is C10H9N3O. The first-order valence-corrected chi connectivity index (χ1v) is 4.23. The van der Waals surface area contributed by atoms with E-state index in [2.05, 4.69) is 15.0 Å². The lowest BCUT2D eigenvalue weighted by molar-refractivity contribution is 1.12. The zero-order valence-corrected chi connectivity index (χ0v) is 7.69. The van der Waals surface area contributed by atoms with Crippen molar-refractivity contribution in [1.29, 1.82) is 0 Å². The summed E-state index contributed by atoms with van der Waals surface area (Å²) in [5.74, 6) is 0. The number of aromatic nitrogens is 3. The number of nitrogens with one attached hydrogen (secondary N) is 1. The van der Waals surface area contributed by atoms with Crippen molar-refractivity contribution in [3.05, 3.63) is 46.8 Å². The molecule has 0 radical (unpaired) electrons. The predicted octanol–water partition coefficient (Wildman–Crippen LogP) is 1.14. The van der Waals surface area contributed by atoms with Gasteiger partial charge in [0.2, 0.25) is 0 Å². The first-order valence-electron chi connectivity index (χ1n) is 4.23. The summed E-state index contributed by atoms with van der Waals surface area (Å²) in [6, 6.07) is 5.19. The molecular weight excluding hydrogens is 178 g/mol. The smallest absolute Gasteiger partial charge is 0.251 e. The summed E-state index contributed by atoms with van der Waals surface area (Å²) >= 11 is 0. The molecule has 0 aliphatic carbocycles. The Hall–Kier alpha value is -1.97. The van der Waals surface area contributed by atoms with Crippen molar-refractivity contribution >= 4 is 0 Å². The van der Waals surface area contributed by atoms with Crippen molar-refractivity contribution in [3.63, 3.8) is 0 Å². The highest BCUT2D eigenvalue weighted by atomic mass is 16.1. The lowest BCUT2D eigenvalue weighted by Crippen LogP contribution is -2.04.